The first-order valence-corrected chi connectivity index (χ1v) is 0. The standard InChI is InChI=1S/Ca.Ce.La.Zr.2H. The fraction of sp³-hybridized carbons (Fsp3) is 0. The van der Waals surface area contributed by atoms with E-state index in [2.05, 4.69) is 0 Å². The number of hydrogen-bond acceptors (Lipinski definition) is 0. The molecule has 0 spiro atoms. The van der Waals surface area contributed by atoms with Crippen LogP contribution in [0.25, 0.3) is 0 Å². The van der Waals surface area contributed by atoms with Crippen LogP contribution in [0.15, 0.2) is 0 Å². The van der Waals surface area contributed by atoms with Gasteiger partial charge in [-0.1, -0.05) is 0 Å². The summed E-state index contributed by atoms with van der Waals surface area (Å²) in [6.07, 6.45) is 0. The fourth-order valence-electron chi connectivity index (χ4n) is 0. The maximum absolute atomic E-state index is 0. The summed E-state index contributed by atoms with van der Waals surface area (Å²) in [6.45, 7) is 0. The van der Waals surface area contributed by atoms with Gasteiger partial charge in [0.15, 0.2) is 0 Å². The zero-order valence-electron chi connectivity index (χ0n) is 1.58. The van der Waals surface area contributed by atoms with E-state index < -0.39 is 0 Å². The monoisotopic (exact) mass is 411 g/mol. The van der Waals surface area contributed by atoms with Gasteiger partial charge in [0.25, 0.3) is 0 Å². The molecule has 0 fully saturated rings. The Morgan fingerprint density at radius 3 is 1.00 bits per heavy atom. The summed E-state index contributed by atoms with van der Waals surface area (Å²) >= 11 is 0. The zero-order chi connectivity index (χ0) is 0. The van der Waals surface area contributed by atoms with Crippen LogP contribution in [-0.4, -0.2) is 37.7 Å². The molecule has 0 aromatic carbocycles. The van der Waals surface area contributed by atoms with Gasteiger partial charge < -0.3 is 0 Å². The second-order valence-electron chi connectivity index (χ2n) is 0. The molecular weight excluding hydrogens is 410 g/mol. The predicted molar refractivity (Wildman–Crippen MR) is 8.54 cm³/mol. The number of hydrogen-bond donors (Lipinski definition) is 0. The van der Waals surface area contributed by atoms with Crippen molar-refractivity contribution in [3.05, 3.63) is 0 Å². The van der Waals surface area contributed by atoms with Crippen LogP contribution in [0.3, 0.4) is 0 Å². The predicted octanol–water partition coefficient (Wildman–Crippen LogP) is -0.919. The second-order valence-corrected chi connectivity index (χ2v) is 0. The topological polar surface area (TPSA) is 0 Å². The minimum absolute atomic E-state index is 0. The summed E-state index contributed by atoms with van der Waals surface area (Å²) in [7, 11) is 0. The van der Waals surface area contributed by atoms with Crippen LogP contribution in [0.5, 0.6) is 0 Å². The van der Waals surface area contributed by atoms with E-state index in [-0.39, 0.29) is 141 Å². The van der Waals surface area contributed by atoms with Gasteiger partial charge in [-0.3, -0.25) is 0 Å². The minimum atomic E-state index is 0. The third kappa shape index (κ3) is 9.86. The van der Waals surface area contributed by atoms with Gasteiger partial charge in [0.2, 0.25) is 0 Å². The van der Waals surface area contributed by atoms with E-state index in [1.165, 1.54) is 0 Å². The Balaban J connectivity index is 0. The molecule has 0 atom stereocenters. The van der Waals surface area contributed by atoms with Crippen molar-refractivity contribution >= 4 is 37.7 Å². The first kappa shape index (κ1) is 23.3. The van der Waals surface area contributed by atoms with Crippen molar-refractivity contribution in [1.82, 2.24) is 0 Å². The molecule has 0 nitrogen and oxygen atoms in total. The minimum Gasteiger partial charge on any atom is 0 e. The van der Waals surface area contributed by atoms with Crippen LogP contribution in [0, 0.1) is 77.3 Å². The smallest absolute Gasteiger partial charge is 0 e. The quantitative estimate of drug-likeness (QED) is 0.452. The zero-order valence-corrected chi connectivity index (χ0v) is 10.8. The van der Waals surface area contributed by atoms with E-state index in [0.29, 0.717) is 0 Å². The summed E-state index contributed by atoms with van der Waals surface area (Å²) in [5.74, 6) is 0. The Morgan fingerprint density at radius 1 is 1.00 bits per heavy atom. The van der Waals surface area contributed by atoms with Gasteiger partial charge in [0.1, 0.15) is 0 Å². The van der Waals surface area contributed by atoms with Crippen LogP contribution in [0.4, 0.5) is 0 Å². The third-order valence-corrected chi connectivity index (χ3v) is 0. The van der Waals surface area contributed by atoms with Crippen molar-refractivity contribution in [2.24, 2.45) is 0 Å². The van der Waals surface area contributed by atoms with E-state index in [0.717, 1.165) is 0 Å². The Morgan fingerprint density at radius 2 is 1.00 bits per heavy atom. The van der Waals surface area contributed by atoms with Gasteiger partial charge in [0, 0.05) is 104 Å². The molecule has 0 saturated carbocycles. The van der Waals surface area contributed by atoms with Crippen LogP contribution in [0.2, 0.25) is 0 Å². The third-order valence-electron chi connectivity index (χ3n) is 0. The molecule has 0 N–H and O–H groups in total. The van der Waals surface area contributed by atoms with E-state index in [1.807, 2.05) is 0 Å². The molecule has 0 aliphatic carbocycles. The van der Waals surface area contributed by atoms with E-state index in [1.54, 1.807) is 0 Å². The van der Waals surface area contributed by atoms with Gasteiger partial charge in [0.05, 0.1) is 0 Å². The first-order chi connectivity index (χ1) is 0. The van der Waals surface area contributed by atoms with E-state index >= 15 is 0 Å². The van der Waals surface area contributed by atoms with Crippen molar-refractivity contribution in [2.45, 2.75) is 0 Å². The molecule has 4 heteroatoms. The van der Waals surface area contributed by atoms with E-state index in [9.17, 15) is 0 Å². The second kappa shape index (κ2) is 15.6. The molecule has 0 bridgehead atoms. The van der Waals surface area contributed by atoms with Crippen molar-refractivity contribution in [1.29, 1.82) is 0 Å². The van der Waals surface area contributed by atoms with Crippen LogP contribution >= 0.6 is 0 Å². The Labute approximate surface area is 137 Å². The molecule has 0 saturated heterocycles. The average molecular weight is 412 g/mol. The summed E-state index contributed by atoms with van der Waals surface area (Å²) in [5.41, 5.74) is 0. The van der Waals surface area contributed by atoms with Gasteiger partial charge in [-0.15, -0.1) is 0 Å². The SMILES string of the molecule is [CaH2].[Ce].[La].[Zr]. The molecule has 0 aliphatic rings. The average Bonchev–Trinajstić information content (AvgIpc) is 0. The molecule has 0 aromatic rings. The normalized spacial score (nSPS) is 0. The molecule has 0 aliphatic heterocycles. The Kier molecular flexibility index (Phi) is 91.3. The maximum Gasteiger partial charge on any atom is 0 e. The first-order valence-electron chi connectivity index (χ1n) is 0. The summed E-state index contributed by atoms with van der Waals surface area (Å²) in [5, 5.41) is 0. The summed E-state index contributed by atoms with van der Waals surface area (Å²) < 4.78 is 0. The molecule has 4 heavy (non-hydrogen) atoms. The molecule has 1 radical (unpaired) electrons. The van der Waals surface area contributed by atoms with Crippen molar-refractivity contribution < 1.29 is 104 Å². The van der Waals surface area contributed by atoms with Crippen LogP contribution in [-0.2, 0) is 26.2 Å². The Bertz CT molecular complexity index is 8.00. The van der Waals surface area contributed by atoms with Gasteiger partial charge in [-0.25, -0.2) is 0 Å². The van der Waals surface area contributed by atoms with Crippen molar-refractivity contribution in [2.75, 3.05) is 0 Å². The summed E-state index contributed by atoms with van der Waals surface area (Å²) in [6, 6.07) is 0. The fourth-order valence-corrected chi connectivity index (χ4v) is 0. The molecule has 0 aromatic heterocycles. The molecule has 0 rings (SSSR count). The molecule has 15 valence electrons. The van der Waals surface area contributed by atoms with Gasteiger partial charge >= 0.3 is 37.7 Å². The molecule has 0 unspecified atom stereocenters. The van der Waals surface area contributed by atoms with Crippen molar-refractivity contribution in [3.63, 3.8) is 0 Å². The summed E-state index contributed by atoms with van der Waals surface area (Å²) in [4.78, 5) is 0. The van der Waals surface area contributed by atoms with Crippen LogP contribution < -0.4 is 0 Å². The van der Waals surface area contributed by atoms with Crippen LogP contribution in [0.1, 0.15) is 0 Å². The van der Waals surface area contributed by atoms with Crippen molar-refractivity contribution in [3.8, 4) is 0 Å². The Hall–Kier alpha value is 4.71. The molecule has 0 amide bonds. The largest absolute Gasteiger partial charge is 0 e. The number of rotatable bonds is 0. The van der Waals surface area contributed by atoms with E-state index in [4.69, 9.17) is 0 Å². The molecule has 0 heterocycles. The maximum atomic E-state index is 0. The molecular formula is H2CaCeLaZr. The van der Waals surface area contributed by atoms with Gasteiger partial charge in [-0.2, -0.15) is 0 Å². The van der Waals surface area contributed by atoms with Gasteiger partial charge in [-0.05, 0) is 0 Å².